The van der Waals surface area contributed by atoms with Gasteiger partial charge in [0.2, 0.25) is 15.9 Å². The maximum atomic E-state index is 12.2. The second-order valence-corrected chi connectivity index (χ2v) is 8.44. The summed E-state index contributed by atoms with van der Waals surface area (Å²) < 4.78 is 67.2. The molecule has 0 saturated heterocycles. The van der Waals surface area contributed by atoms with E-state index in [9.17, 15) is 31.2 Å². The Hall–Kier alpha value is -3.12. The van der Waals surface area contributed by atoms with Gasteiger partial charge in [-0.2, -0.15) is 13.2 Å². The highest BCUT2D eigenvalue weighted by Gasteiger charge is 2.30. The Kier molecular flexibility index (Phi) is 6.51. The lowest BCUT2D eigenvalue weighted by molar-refractivity contribution is -0.121. The molecule has 2 amide bonds. The normalized spacial score (nSPS) is 13.8. The van der Waals surface area contributed by atoms with Crippen LogP contribution in [0.3, 0.4) is 0 Å². The van der Waals surface area contributed by atoms with Crippen molar-refractivity contribution in [1.29, 1.82) is 0 Å². The molecule has 0 aromatic heterocycles. The maximum absolute atomic E-state index is 12.2. The van der Waals surface area contributed by atoms with Crippen molar-refractivity contribution in [1.82, 2.24) is 4.72 Å². The van der Waals surface area contributed by atoms with Crippen molar-refractivity contribution in [2.75, 3.05) is 23.8 Å². The largest absolute Gasteiger partial charge is 0.484 e. The minimum absolute atomic E-state index is 0.0597. The van der Waals surface area contributed by atoms with Crippen LogP contribution >= 0.6 is 0 Å². The minimum Gasteiger partial charge on any atom is -0.484 e. The number of anilines is 2. The van der Waals surface area contributed by atoms with Crippen LogP contribution in [-0.4, -0.2) is 39.6 Å². The van der Waals surface area contributed by atoms with Crippen LogP contribution < -0.4 is 20.1 Å². The Bertz CT molecular complexity index is 1090. The van der Waals surface area contributed by atoms with Crippen molar-refractivity contribution in [3.63, 3.8) is 0 Å². The van der Waals surface area contributed by atoms with Gasteiger partial charge in [0, 0.05) is 17.8 Å². The van der Waals surface area contributed by atoms with E-state index in [1.165, 1.54) is 16.9 Å². The van der Waals surface area contributed by atoms with Crippen molar-refractivity contribution in [3.8, 4) is 5.75 Å². The highest BCUT2D eigenvalue weighted by Crippen LogP contribution is 2.26. The van der Waals surface area contributed by atoms with Crippen molar-refractivity contribution in [2.45, 2.75) is 23.9 Å². The molecule has 2 aromatic rings. The van der Waals surface area contributed by atoms with Crippen molar-refractivity contribution in [3.05, 3.63) is 48.0 Å². The Morgan fingerprint density at radius 1 is 1.10 bits per heavy atom. The van der Waals surface area contributed by atoms with Crippen LogP contribution in [0.15, 0.2) is 47.4 Å². The molecule has 1 aliphatic rings. The zero-order valence-electron chi connectivity index (χ0n) is 16.0. The van der Waals surface area contributed by atoms with E-state index in [4.69, 9.17) is 4.74 Å². The number of benzene rings is 2. The van der Waals surface area contributed by atoms with E-state index in [1.807, 2.05) is 0 Å². The molecule has 0 spiro atoms. The molecule has 0 radical (unpaired) electrons. The summed E-state index contributed by atoms with van der Waals surface area (Å²) in [6.07, 6.45) is -3.74. The average Bonchev–Trinajstić information content (AvgIpc) is 2.71. The Morgan fingerprint density at radius 2 is 1.81 bits per heavy atom. The highest BCUT2D eigenvalue weighted by molar-refractivity contribution is 7.89. The lowest BCUT2D eigenvalue weighted by Crippen LogP contribution is -2.33. The van der Waals surface area contributed by atoms with Crippen LogP contribution in [0.1, 0.15) is 12.0 Å². The smallest absolute Gasteiger partial charge is 0.402 e. The number of hydrogen-bond donors (Lipinski definition) is 3. The molecule has 0 unspecified atom stereocenters. The highest BCUT2D eigenvalue weighted by atomic mass is 32.2. The molecule has 1 aliphatic heterocycles. The Labute approximate surface area is 175 Å². The molecule has 3 rings (SSSR count). The second-order valence-electron chi connectivity index (χ2n) is 6.67. The molecule has 12 heteroatoms. The zero-order valence-corrected chi connectivity index (χ0v) is 16.8. The average molecular weight is 457 g/mol. The third-order valence-electron chi connectivity index (χ3n) is 4.25. The molecule has 0 atom stereocenters. The third-order valence-corrected chi connectivity index (χ3v) is 5.67. The number of aryl methyl sites for hydroxylation is 1. The lowest BCUT2D eigenvalue weighted by atomic mass is 10.0. The summed E-state index contributed by atoms with van der Waals surface area (Å²) in [7, 11) is -4.33. The predicted octanol–water partition coefficient (Wildman–Crippen LogP) is 2.43. The van der Waals surface area contributed by atoms with Crippen LogP contribution in [0.2, 0.25) is 0 Å². The van der Waals surface area contributed by atoms with Crippen molar-refractivity contribution in [2.24, 2.45) is 0 Å². The lowest BCUT2D eigenvalue weighted by Gasteiger charge is -2.17. The number of fused-ring (bicyclic) bond motifs is 1. The number of carbonyl (C=O) groups excluding carboxylic acids is 2. The number of amides is 2. The van der Waals surface area contributed by atoms with Gasteiger partial charge in [0.25, 0.3) is 5.91 Å². The van der Waals surface area contributed by atoms with Crippen LogP contribution in [0.25, 0.3) is 0 Å². The monoisotopic (exact) mass is 457 g/mol. The minimum atomic E-state index is -4.67. The van der Waals surface area contributed by atoms with Crippen LogP contribution in [0.5, 0.6) is 5.75 Å². The number of nitrogens with one attached hydrogen (secondary N) is 3. The number of sulfonamides is 1. The fourth-order valence-corrected chi connectivity index (χ4v) is 3.79. The summed E-state index contributed by atoms with van der Waals surface area (Å²) in [5.74, 6) is -0.130. The van der Waals surface area contributed by atoms with Gasteiger partial charge in [0.05, 0.1) is 4.90 Å². The number of ether oxygens (including phenoxy) is 1. The molecule has 0 fully saturated rings. The maximum Gasteiger partial charge on any atom is 0.402 e. The van der Waals surface area contributed by atoms with E-state index in [0.717, 1.165) is 17.7 Å². The first-order valence-corrected chi connectivity index (χ1v) is 10.5. The van der Waals surface area contributed by atoms with E-state index in [1.54, 1.807) is 18.2 Å². The van der Waals surface area contributed by atoms with Gasteiger partial charge >= 0.3 is 6.18 Å². The van der Waals surface area contributed by atoms with Gasteiger partial charge in [-0.05, 0) is 54.4 Å². The summed E-state index contributed by atoms with van der Waals surface area (Å²) in [4.78, 5) is 23.1. The SMILES string of the molecule is O=C(COc1ccc2c(c1)CCC(=O)N2)Nc1ccc(S(=O)(=O)NCC(F)(F)F)cc1. The van der Waals surface area contributed by atoms with Gasteiger partial charge in [-0.15, -0.1) is 0 Å². The predicted molar refractivity (Wildman–Crippen MR) is 105 cm³/mol. The van der Waals surface area contributed by atoms with Gasteiger partial charge in [0.15, 0.2) is 6.61 Å². The molecule has 0 bridgehead atoms. The number of hydrogen-bond acceptors (Lipinski definition) is 5. The summed E-state index contributed by atoms with van der Waals surface area (Å²) in [6.45, 7) is -2.00. The van der Waals surface area contributed by atoms with E-state index >= 15 is 0 Å². The quantitative estimate of drug-likeness (QED) is 0.591. The summed E-state index contributed by atoms with van der Waals surface area (Å²) >= 11 is 0. The van der Waals surface area contributed by atoms with E-state index in [2.05, 4.69) is 10.6 Å². The third kappa shape index (κ3) is 6.43. The van der Waals surface area contributed by atoms with Gasteiger partial charge in [0.1, 0.15) is 12.3 Å². The first-order valence-electron chi connectivity index (χ1n) is 9.04. The van der Waals surface area contributed by atoms with Crippen molar-refractivity contribution < 1.29 is 35.9 Å². The second kappa shape index (κ2) is 8.94. The molecule has 0 aliphatic carbocycles. The van der Waals surface area contributed by atoms with E-state index in [-0.39, 0.29) is 23.1 Å². The first kappa shape index (κ1) is 22.6. The fraction of sp³-hybridized carbons (Fsp3) is 0.263. The Balaban J connectivity index is 1.53. The van der Waals surface area contributed by atoms with Crippen LogP contribution in [0.4, 0.5) is 24.5 Å². The molecule has 31 heavy (non-hydrogen) atoms. The summed E-state index contributed by atoms with van der Waals surface area (Å²) in [5.41, 5.74) is 1.85. The van der Waals surface area contributed by atoms with Crippen LogP contribution in [0, 0.1) is 0 Å². The molecule has 166 valence electrons. The van der Waals surface area contributed by atoms with Gasteiger partial charge in [-0.1, -0.05) is 0 Å². The van der Waals surface area contributed by atoms with E-state index in [0.29, 0.717) is 24.3 Å². The van der Waals surface area contributed by atoms with Gasteiger partial charge < -0.3 is 15.4 Å². The van der Waals surface area contributed by atoms with Crippen molar-refractivity contribution >= 4 is 33.2 Å². The van der Waals surface area contributed by atoms with Crippen LogP contribution in [-0.2, 0) is 26.0 Å². The molecule has 3 N–H and O–H groups in total. The van der Waals surface area contributed by atoms with Gasteiger partial charge in [-0.3, -0.25) is 9.59 Å². The van der Waals surface area contributed by atoms with Gasteiger partial charge in [-0.25, -0.2) is 13.1 Å². The summed E-state index contributed by atoms with van der Waals surface area (Å²) in [5, 5.41) is 5.24. The zero-order chi connectivity index (χ0) is 22.6. The molecular weight excluding hydrogens is 439 g/mol. The first-order chi connectivity index (χ1) is 14.5. The topological polar surface area (TPSA) is 114 Å². The molecular formula is C19H18F3N3O5S. The number of rotatable bonds is 7. The standard InChI is InChI=1S/C19H18F3N3O5S/c20-19(21,22)11-23-31(28,29)15-5-2-13(3-6-15)24-18(27)10-30-14-4-7-16-12(9-14)1-8-17(26)25-16/h2-7,9,23H,1,8,10-11H2,(H,24,27)(H,25,26). The number of alkyl halides is 3. The fourth-order valence-electron chi connectivity index (χ4n) is 2.77. The molecule has 0 saturated carbocycles. The van der Waals surface area contributed by atoms with E-state index < -0.39 is 28.7 Å². The molecule has 2 aromatic carbocycles. The molecule has 8 nitrogen and oxygen atoms in total. The molecule has 1 heterocycles. The number of carbonyl (C=O) groups is 2. The summed E-state index contributed by atoms with van der Waals surface area (Å²) in [6, 6.07) is 9.69. The number of halogens is 3. The Morgan fingerprint density at radius 3 is 2.48 bits per heavy atom.